The number of fused-ring (bicyclic) bond motifs is 2. The van der Waals surface area contributed by atoms with Crippen molar-refractivity contribution in [3.8, 4) is 0 Å². The minimum absolute atomic E-state index is 0.0651. The van der Waals surface area contributed by atoms with Crippen LogP contribution in [0.1, 0.15) is 46.5 Å². The molecule has 9 heteroatoms. The van der Waals surface area contributed by atoms with E-state index in [0.29, 0.717) is 12.2 Å². The lowest BCUT2D eigenvalue weighted by Gasteiger charge is -2.19. The molecule has 1 N–H and O–H groups in total. The van der Waals surface area contributed by atoms with Crippen molar-refractivity contribution in [1.29, 1.82) is 0 Å². The monoisotopic (exact) mass is 404 g/mol. The molecule has 4 heterocycles. The second kappa shape index (κ2) is 6.65. The lowest BCUT2D eigenvalue weighted by molar-refractivity contribution is 0.0931. The minimum Gasteiger partial charge on any atom is -0.370 e. The van der Waals surface area contributed by atoms with Gasteiger partial charge >= 0.3 is 0 Å². The number of piperidine rings is 1. The zero-order valence-electron chi connectivity index (χ0n) is 16.9. The molecule has 1 amide bonds. The van der Waals surface area contributed by atoms with Crippen molar-refractivity contribution >= 4 is 11.6 Å². The topological polar surface area (TPSA) is 93.8 Å². The van der Waals surface area contributed by atoms with Crippen LogP contribution in [0.2, 0.25) is 0 Å². The molecule has 0 radical (unpaired) electrons. The number of carbonyl (C=O) groups is 1. The van der Waals surface area contributed by atoms with Crippen LogP contribution in [0, 0.1) is 11.8 Å². The summed E-state index contributed by atoms with van der Waals surface area (Å²) in [6.45, 7) is 2.81. The van der Waals surface area contributed by atoms with Crippen molar-refractivity contribution in [1.82, 2.24) is 34.8 Å². The van der Waals surface area contributed by atoms with Gasteiger partial charge in [-0.3, -0.25) is 9.78 Å². The van der Waals surface area contributed by atoms with Crippen LogP contribution in [0.25, 0.3) is 0 Å². The highest BCUT2D eigenvalue weighted by atomic mass is 16.2. The SMILES string of the molecule is Cn1cnc2c1CC[C@H]2NC(=O)c1cn(Cc2ccc(N3CC4CC4C3)cn2)nn1. The molecule has 3 aliphatic rings. The molecule has 9 nitrogen and oxygen atoms in total. The van der Waals surface area contributed by atoms with E-state index >= 15 is 0 Å². The number of rotatable bonds is 5. The zero-order valence-corrected chi connectivity index (χ0v) is 16.9. The van der Waals surface area contributed by atoms with Gasteiger partial charge in [0.25, 0.3) is 5.91 Å². The van der Waals surface area contributed by atoms with Gasteiger partial charge < -0.3 is 14.8 Å². The standard InChI is InChI=1S/C21H24N8O/c1-27-12-23-20-17(4-5-19(20)27)24-21(30)18-11-29(26-25-18)10-15-2-3-16(7-22-15)28-8-13-6-14(13)9-28/h2-3,7,11-14,17H,4-6,8-10H2,1H3,(H,24,30)/t13?,14?,17-/m1/s1. The number of nitrogens with zero attached hydrogens (tertiary/aromatic N) is 7. The molecular weight excluding hydrogens is 380 g/mol. The van der Waals surface area contributed by atoms with Crippen LogP contribution in [0.15, 0.2) is 30.9 Å². The van der Waals surface area contributed by atoms with Crippen LogP contribution in [0.5, 0.6) is 0 Å². The van der Waals surface area contributed by atoms with Crippen molar-refractivity contribution in [2.45, 2.75) is 31.8 Å². The molecule has 1 aliphatic heterocycles. The normalized spacial score (nSPS) is 24.0. The van der Waals surface area contributed by atoms with Crippen LogP contribution in [0.3, 0.4) is 0 Å². The quantitative estimate of drug-likeness (QED) is 0.690. The molecule has 2 aliphatic carbocycles. The molecule has 1 saturated carbocycles. The second-order valence-electron chi connectivity index (χ2n) is 8.72. The number of aryl methyl sites for hydroxylation is 1. The van der Waals surface area contributed by atoms with Gasteiger partial charge in [0.2, 0.25) is 0 Å². The summed E-state index contributed by atoms with van der Waals surface area (Å²) < 4.78 is 3.67. The van der Waals surface area contributed by atoms with Crippen molar-refractivity contribution in [2.24, 2.45) is 18.9 Å². The molecule has 0 spiro atoms. The Morgan fingerprint density at radius 1 is 1.23 bits per heavy atom. The van der Waals surface area contributed by atoms with E-state index in [1.54, 1.807) is 17.2 Å². The summed E-state index contributed by atoms with van der Waals surface area (Å²) >= 11 is 0. The van der Waals surface area contributed by atoms with E-state index in [9.17, 15) is 4.79 Å². The number of pyridine rings is 1. The van der Waals surface area contributed by atoms with Crippen LogP contribution in [-0.2, 0) is 20.0 Å². The van der Waals surface area contributed by atoms with Gasteiger partial charge in [0.15, 0.2) is 5.69 Å². The largest absolute Gasteiger partial charge is 0.370 e. The molecule has 154 valence electrons. The lowest BCUT2D eigenvalue weighted by Crippen LogP contribution is -2.27. The van der Waals surface area contributed by atoms with Gasteiger partial charge in [-0.1, -0.05) is 5.21 Å². The first-order valence-corrected chi connectivity index (χ1v) is 10.5. The fourth-order valence-electron chi connectivity index (χ4n) is 4.81. The first-order chi connectivity index (χ1) is 14.6. The Morgan fingerprint density at radius 2 is 2.10 bits per heavy atom. The molecule has 2 fully saturated rings. The van der Waals surface area contributed by atoms with Crippen LogP contribution >= 0.6 is 0 Å². The fourth-order valence-corrected chi connectivity index (χ4v) is 4.81. The van der Waals surface area contributed by atoms with Crippen LogP contribution < -0.4 is 10.2 Å². The molecule has 2 unspecified atom stereocenters. The van der Waals surface area contributed by atoms with Crippen molar-refractivity contribution in [3.05, 3.63) is 53.6 Å². The Balaban J connectivity index is 1.09. The highest BCUT2D eigenvalue weighted by Gasteiger charge is 2.45. The van der Waals surface area contributed by atoms with Gasteiger partial charge in [0.1, 0.15) is 0 Å². The van der Waals surface area contributed by atoms with Gasteiger partial charge in [0.05, 0.1) is 48.4 Å². The average Bonchev–Trinajstić information content (AvgIpc) is 3.21. The Kier molecular flexibility index (Phi) is 3.90. The van der Waals surface area contributed by atoms with Crippen LogP contribution in [-0.4, -0.2) is 48.5 Å². The summed E-state index contributed by atoms with van der Waals surface area (Å²) in [6, 6.07) is 4.09. The third kappa shape index (κ3) is 3.05. The van der Waals surface area contributed by atoms with Crippen molar-refractivity contribution in [3.63, 3.8) is 0 Å². The van der Waals surface area contributed by atoms with E-state index in [1.807, 2.05) is 23.9 Å². The minimum atomic E-state index is -0.222. The lowest BCUT2D eigenvalue weighted by atomic mass is 10.2. The van der Waals surface area contributed by atoms with Crippen LogP contribution in [0.4, 0.5) is 5.69 Å². The second-order valence-corrected chi connectivity index (χ2v) is 8.72. The predicted molar refractivity (Wildman–Crippen MR) is 109 cm³/mol. The van der Waals surface area contributed by atoms with Gasteiger partial charge in [-0.15, -0.1) is 5.10 Å². The van der Waals surface area contributed by atoms with E-state index in [-0.39, 0.29) is 11.9 Å². The molecule has 3 aromatic rings. The summed E-state index contributed by atoms with van der Waals surface area (Å²) in [5, 5.41) is 11.2. The Bertz CT molecular complexity index is 1090. The van der Waals surface area contributed by atoms with Crippen molar-refractivity contribution in [2.75, 3.05) is 18.0 Å². The number of amides is 1. The molecule has 6 rings (SSSR count). The van der Waals surface area contributed by atoms with E-state index in [0.717, 1.165) is 49.2 Å². The highest BCUT2D eigenvalue weighted by Crippen LogP contribution is 2.46. The van der Waals surface area contributed by atoms with Gasteiger partial charge in [-0.25, -0.2) is 9.67 Å². The van der Waals surface area contributed by atoms with E-state index in [4.69, 9.17) is 0 Å². The van der Waals surface area contributed by atoms with Gasteiger partial charge in [0, 0.05) is 25.8 Å². The highest BCUT2D eigenvalue weighted by molar-refractivity contribution is 5.92. The molecular formula is C21H24N8O. The summed E-state index contributed by atoms with van der Waals surface area (Å²) in [4.78, 5) is 24.0. The molecule has 0 bridgehead atoms. The first kappa shape index (κ1) is 17.6. The summed E-state index contributed by atoms with van der Waals surface area (Å²) in [6.07, 6.45) is 8.59. The Labute approximate surface area is 174 Å². The number of anilines is 1. The van der Waals surface area contributed by atoms with E-state index in [2.05, 4.69) is 36.6 Å². The van der Waals surface area contributed by atoms with Gasteiger partial charge in [-0.2, -0.15) is 0 Å². The summed E-state index contributed by atoms with van der Waals surface area (Å²) in [5.74, 6) is 1.58. The molecule has 3 atom stereocenters. The zero-order chi connectivity index (χ0) is 20.2. The number of imidazole rings is 1. The van der Waals surface area contributed by atoms with E-state index < -0.39 is 0 Å². The number of hydrogen-bond donors (Lipinski definition) is 1. The predicted octanol–water partition coefficient (Wildman–Crippen LogP) is 1.33. The number of hydrogen-bond acceptors (Lipinski definition) is 6. The Hall–Kier alpha value is -3.23. The first-order valence-electron chi connectivity index (χ1n) is 10.5. The molecule has 0 aromatic carbocycles. The maximum Gasteiger partial charge on any atom is 0.274 e. The smallest absolute Gasteiger partial charge is 0.274 e. The fraction of sp³-hybridized carbons (Fsp3) is 0.476. The summed E-state index contributed by atoms with van der Waals surface area (Å²) in [7, 11) is 1.98. The molecule has 3 aromatic heterocycles. The van der Waals surface area contributed by atoms with Crippen molar-refractivity contribution < 1.29 is 4.79 Å². The summed E-state index contributed by atoms with van der Waals surface area (Å²) in [5.41, 5.74) is 4.54. The number of nitrogens with one attached hydrogen (secondary N) is 1. The number of carbonyl (C=O) groups excluding carboxylic acids is 1. The third-order valence-electron chi connectivity index (χ3n) is 6.65. The molecule has 30 heavy (non-hydrogen) atoms. The van der Waals surface area contributed by atoms with Gasteiger partial charge in [-0.05, 0) is 43.2 Å². The maximum absolute atomic E-state index is 12.6. The van der Waals surface area contributed by atoms with E-state index in [1.165, 1.54) is 17.8 Å². The third-order valence-corrected chi connectivity index (χ3v) is 6.65. The Morgan fingerprint density at radius 3 is 2.90 bits per heavy atom. The molecule has 1 saturated heterocycles. The average molecular weight is 404 g/mol. The maximum atomic E-state index is 12.6. The number of aromatic nitrogens is 6.